The Balaban J connectivity index is 2.08. The van der Waals surface area contributed by atoms with E-state index >= 15 is 0 Å². The van der Waals surface area contributed by atoms with Crippen molar-refractivity contribution in [2.24, 2.45) is 0 Å². The molecular formula is C12H23NO. The van der Waals surface area contributed by atoms with Crippen LogP contribution in [-0.2, 0) is 0 Å². The van der Waals surface area contributed by atoms with E-state index in [0.29, 0.717) is 6.04 Å². The SMILES string of the molecule is CCCCCC(O)C=CC1CCCN1. The van der Waals surface area contributed by atoms with Crippen LogP contribution in [0.15, 0.2) is 12.2 Å². The second-order valence-corrected chi connectivity index (χ2v) is 4.15. The lowest BCUT2D eigenvalue weighted by Crippen LogP contribution is -2.19. The summed E-state index contributed by atoms with van der Waals surface area (Å²) >= 11 is 0. The molecule has 0 aromatic heterocycles. The largest absolute Gasteiger partial charge is 0.389 e. The number of hydrogen-bond donors (Lipinski definition) is 2. The van der Waals surface area contributed by atoms with Crippen LogP contribution in [0, 0.1) is 0 Å². The molecule has 1 rings (SSSR count). The smallest absolute Gasteiger partial charge is 0.0721 e. The van der Waals surface area contributed by atoms with Gasteiger partial charge in [-0.3, -0.25) is 0 Å². The molecule has 1 saturated heterocycles. The fraction of sp³-hybridized carbons (Fsp3) is 0.833. The molecule has 0 amide bonds. The Morgan fingerprint density at radius 2 is 2.36 bits per heavy atom. The Kier molecular flexibility index (Phi) is 5.88. The molecule has 82 valence electrons. The molecule has 2 heteroatoms. The van der Waals surface area contributed by atoms with Crippen molar-refractivity contribution in [3.8, 4) is 0 Å². The van der Waals surface area contributed by atoms with Crippen molar-refractivity contribution >= 4 is 0 Å². The molecule has 1 heterocycles. The lowest BCUT2D eigenvalue weighted by molar-refractivity contribution is 0.208. The van der Waals surface area contributed by atoms with Crippen LogP contribution < -0.4 is 5.32 Å². The molecule has 0 aromatic carbocycles. The van der Waals surface area contributed by atoms with Crippen molar-refractivity contribution in [3.63, 3.8) is 0 Å². The fourth-order valence-corrected chi connectivity index (χ4v) is 1.84. The molecule has 2 N–H and O–H groups in total. The lowest BCUT2D eigenvalue weighted by atomic mass is 10.1. The first-order valence-corrected chi connectivity index (χ1v) is 5.92. The molecule has 1 aliphatic rings. The maximum atomic E-state index is 9.62. The Morgan fingerprint density at radius 3 is 3.00 bits per heavy atom. The molecule has 0 aliphatic carbocycles. The molecule has 14 heavy (non-hydrogen) atoms. The predicted octanol–water partition coefficient (Wildman–Crippen LogP) is 2.24. The van der Waals surface area contributed by atoms with E-state index in [0.717, 1.165) is 19.4 Å². The number of hydrogen-bond acceptors (Lipinski definition) is 2. The van der Waals surface area contributed by atoms with Gasteiger partial charge < -0.3 is 10.4 Å². The molecule has 2 nitrogen and oxygen atoms in total. The summed E-state index contributed by atoms with van der Waals surface area (Å²) in [5.41, 5.74) is 0. The van der Waals surface area contributed by atoms with Crippen molar-refractivity contribution in [2.75, 3.05) is 6.54 Å². The van der Waals surface area contributed by atoms with Crippen LogP contribution in [0.5, 0.6) is 0 Å². The molecule has 0 bridgehead atoms. The number of aliphatic hydroxyl groups excluding tert-OH is 1. The number of rotatable bonds is 6. The molecular weight excluding hydrogens is 174 g/mol. The van der Waals surface area contributed by atoms with E-state index in [9.17, 15) is 5.11 Å². The van der Waals surface area contributed by atoms with E-state index in [4.69, 9.17) is 0 Å². The predicted molar refractivity (Wildman–Crippen MR) is 60.3 cm³/mol. The minimum absolute atomic E-state index is 0.232. The minimum atomic E-state index is -0.232. The van der Waals surface area contributed by atoms with Gasteiger partial charge in [0.05, 0.1) is 6.10 Å². The summed E-state index contributed by atoms with van der Waals surface area (Å²) in [6.45, 7) is 3.31. The van der Waals surface area contributed by atoms with Gasteiger partial charge in [-0.05, 0) is 25.8 Å². The standard InChI is InChI=1S/C12H23NO/c1-2-3-4-7-12(14)9-8-11-6-5-10-13-11/h8-9,11-14H,2-7,10H2,1H3. The Labute approximate surface area is 87.4 Å². The van der Waals surface area contributed by atoms with Crippen LogP contribution in [0.1, 0.15) is 45.4 Å². The van der Waals surface area contributed by atoms with Gasteiger partial charge in [-0.25, -0.2) is 0 Å². The van der Waals surface area contributed by atoms with Gasteiger partial charge in [0.1, 0.15) is 0 Å². The Morgan fingerprint density at radius 1 is 1.50 bits per heavy atom. The summed E-state index contributed by atoms with van der Waals surface area (Å²) in [6.07, 6.45) is 10.8. The normalized spacial score (nSPS) is 24.6. The zero-order valence-corrected chi connectivity index (χ0v) is 9.21. The first kappa shape index (κ1) is 11.7. The lowest BCUT2D eigenvalue weighted by Gasteiger charge is -2.07. The molecule has 1 fully saturated rings. The Bertz CT molecular complexity index is 162. The maximum absolute atomic E-state index is 9.62. The zero-order chi connectivity index (χ0) is 10.2. The third kappa shape index (κ3) is 4.77. The van der Waals surface area contributed by atoms with Crippen LogP contribution in [0.4, 0.5) is 0 Å². The summed E-state index contributed by atoms with van der Waals surface area (Å²) in [5, 5.41) is 13.0. The highest BCUT2D eigenvalue weighted by Gasteiger charge is 2.10. The van der Waals surface area contributed by atoms with Gasteiger partial charge >= 0.3 is 0 Å². The van der Waals surface area contributed by atoms with E-state index in [-0.39, 0.29) is 6.10 Å². The van der Waals surface area contributed by atoms with Crippen LogP contribution in [-0.4, -0.2) is 23.8 Å². The first-order chi connectivity index (χ1) is 6.83. The van der Waals surface area contributed by atoms with Crippen molar-refractivity contribution < 1.29 is 5.11 Å². The van der Waals surface area contributed by atoms with Crippen LogP contribution in [0.25, 0.3) is 0 Å². The van der Waals surface area contributed by atoms with Gasteiger partial charge in [0, 0.05) is 6.04 Å². The summed E-state index contributed by atoms with van der Waals surface area (Å²) in [7, 11) is 0. The van der Waals surface area contributed by atoms with E-state index in [2.05, 4.69) is 18.3 Å². The van der Waals surface area contributed by atoms with E-state index in [1.54, 1.807) is 0 Å². The zero-order valence-electron chi connectivity index (χ0n) is 9.21. The maximum Gasteiger partial charge on any atom is 0.0721 e. The van der Waals surface area contributed by atoms with Gasteiger partial charge in [0.2, 0.25) is 0 Å². The topological polar surface area (TPSA) is 32.3 Å². The molecule has 2 unspecified atom stereocenters. The summed E-state index contributed by atoms with van der Waals surface area (Å²) in [4.78, 5) is 0. The van der Waals surface area contributed by atoms with Gasteiger partial charge in [-0.15, -0.1) is 0 Å². The fourth-order valence-electron chi connectivity index (χ4n) is 1.84. The van der Waals surface area contributed by atoms with Gasteiger partial charge in [0.15, 0.2) is 0 Å². The van der Waals surface area contributed by atoms with Gasteiger partial charge in [-0.1, -0.05) is 38.3 Å². The number of nitrogens with one attached hydrogen (secondary N) is 1. The monoisotopic (exact) mass is 197 g/mol. The van der Waals surface area contributed by atoms with E-state index in [1.807, 2.05) is 6.08 Å². The van der Waals surface area contributed by atoms with Crippen molar-refractivity contribution in [2.45, 2.75) is 57.6 Å². The van der Waals surface area contributed by atoms with Crippen LogP contribution in [0.2, 0.25) is 0 Å². The second-order valence-electron chi connectivity index (χ2n) is 4.15. The summed E-state index contributed by atoms with van der Waals surface area (Å²) in [5.74, 6) is 0. The number of aliphatic hydroxyl groups is 1. The number of unbranched alkanes of at least 4 members (excludes halogenated alkanes) is 2. The van der Waals surface area contributed by atoms with E-state index < -0.39 is 0 Å². The highest BCUT2D eigenvalue weighted by molar-refractivity contribution is 4.98. The van der Waals surface area contributed by atoms with Gasteiger partial charge in [-0.2, -0.15) is 0 Å². The second kappa shape index (κ2) is 7.02. The summed E-state index contributed by atoms with van der Waals surface area (Å²) < 4.78 is 0. The van der Waals surface area contributed by atoms with Crippen molar-refractivity contribution in [1.29, 1.82) is 0 Å². The van der Waals surface area contributed by atoms with Crippen LogP contribution >= 0.6 is 0 Å². The molecule has 2 atom stereocenters. The highest BCUT2D eigenvalue weighted by atomic mass is 16.3. The minimum Gasteiger partial charge on any atom is -0.389 e. The third-order valence-electron chi connectivity index (χ3n) is 2.77. The summed E-state index contributed by atoms with van der Waals surface area (Å²) in [6, 6.07) is 0.510. The third-order valence-corrected chi connectivity index (χ3v) is 2.77. The molecule has 0 saturated carbocycles. The van der Waals surface area contributed by atoms with Crippen LogP contribution in [0.3, 0.4) is 0 Å². The average Bonchev–Trinajstić information content (AvgIpc) is 2.68. The van der Waals surface area contributed by atoms with E-state index in [1.165, 1.54) is 25.7 Å². The van der Waals surface area contributed by atoms with Crippen molar-refractivity contribution in [1.82, 2.24) is 5.32 Å². The molecule has 0 spiro atoms. The van der Waals surface area contributed by atoms with Gasteiger partial charge in [0.25, 0.3) is 0 Å². The molecule has 1 aliphatic heterocycles. The molecule has 0 aromatic rings. The average molecular weight is 197 g/mol. The highest BCUT2D eigenvalue weighted by Crippen LogP contribution is 2.08. The van der Waals surface area contributed by atoms with Crippen molar-refractivity contribution in [3.05, 3.63) is 12.2 Å². The first-order valence-electron chi connectivity index (χ1n) is 5.92. The Hall–Kier alpha value is -0.340. The quantitative estimate of drug-likeness (QED) is 0.505. The molecule has 0 radical (unpaired) electrons.